The minimum atomic E-state index is -0.0608. The van der Waals surface area contributed by atoms with E-state index >= 15 is 0 Å². The highest BCUT2D eigenvalue weighted by atomic mass is 16.2. The van der Waals surface area contributed by atoms with E-state index in [2.05, 4.69) is 228 Å². The van der Waals surface area contributed by atoms with E-state index < -0.39 is 0 Å². The van der Waals surface area contributed by atoms with Crippen molar-refractivity contribution in [1.82, 2.24) is 77.7 Å². The van der Waals surface area contributed by atoms with E-state index in [1.165, 1.54) is 11.4 Å². The fraction of sp³-hybridized carbons (Fsp3) is 0.489. The van der Waals surface area contributed by atoms with Crippen molar-refractivity contribution < 1.29 is 19.2 Å². The second kappa shape index (κ2) is 40.1. The topological polar surface area (TPSA) is 306 Å². The van der Waals surface area contributed by atoms with Gasteiger partial charge >= 0.3 is 11.4 Å². The van der Waals surface area contributed by atoms with Crippen molar-refractivity contribution in [1.29, 1.82) is 0 Å². The van der Waals surface area contributed by atoms with Crippen LogP contribution in [0.1, 0.15) is 144 Å². The lowest BCUT2D eigenvalue weighted by Gasteiger charge is -2.35. The molecule has 0 radical (unpaired) electrons. The Hall–Kier alpha value is -12.1. The number of benzene rings is 4. The van der Waals surface area contributed by atoms with Gasteiger partial charge in [0.1, 0.15) is 22.7 Å². The van der Waals surface area contributed by atoms with Gasteiger partial charge in [-0.05, 0) is 163 Å². The number of piperazine rings is 4. The number of anilines is 14. The number of amides is 4. The molecule has 4 fully saturated rings. The van der Waals surface area contributed by atoms with Gasteiger partial charge in [-0.15, -0.1) is 0 Å². The van der Waals surface area contributed by atoms with Gasteiger partial charge in [0.05, 0.1) is 25.2 Å². The van der Waals surface area contributed by atoms with Crippen molar-refractivity contribution in [3.63, 3.8) is 0 Å². The molecule has 4 N–H and O–H groups in total. The molecule has 0 bridgehead atoms. The van der Waals surface area contributed by atoms with Gasteiger partial charge in [0.15, 0.2) is 11.3 Å². The fourth-order valence-corrected chi connectivity index (χ4v) is 17.0. The average molecular weight is 1660 g/mol. The Labute approximate surface area is 715 Å². The SMILES string of the molecule is CCC(CC)N1C(=O)Cc2cnc(Nc3ccc(N4CCN(C(C)=O)CC4)cc3)nc21.CCC(CC)N1C(=O)Cc2cnc(Nc3ccc(N4CCN(C)CC4)cc3)nc21.CCC(CC)n1c(=O)n(C)c2cnc(Nc3ccc(N4CCN(C(C)=O)CC4)cc3)nc21.CCC(CC)n1c(=O)n(C)c2cnc(Nc3ccc(N4CCN(C)CC4)cc3)nc21. The largest absolute Gasteiger partial charge is 0.369 e. The summed E-state index contributed by atoms with van der Waals surface area (Å²) in [6.07, 6.45) is 14.9. The molecular formula is C90H122N26O6. The number of aryl methyl sites for hydroxylation is 2. The van der Waals surface area contributed by atoms with Gasteiger partial charge < -0.3 is 60.5 Å². The van der Waals surface area contributed by atoms with E-state index in [4.69, 9.17) is 4.98 Å². The number of rotatable bonds is 24. The van der Waals surface area contributed by atoms with Gasteiger partial charge in [0.2, 0.25) is 47.4 Å². The first-order chi connectivity index (χ1) is 59.0. The molecule has 0 saturated carbocycles. The molecular weight excluding hydrogens is 1540 g/mol. The predicted octanol–water partition coefficient (Wildman–Crippen LogP) is 11.9. The minimum Gasteiger partial charge on any atom is -0.369 e. The second-order valence-electron chi connectivity index (χ2n) is 32.3. The summed E-state index contributed by atoms with van der Waals surface area (Å²) in [6, 6.07) is 33.7. The summed E-state index contributed by atoms with van der Waals surface area (Å²) in [6.45, 7) is 34.9. The molecule has 6 aliphatic rings. The lowest BCUT2D eigenvalue weighted by Crippen LogP contribution is -2.48. The molecule has 648 valence electrons. The van der Waals surface area contributed by atoms with Crippen LogP contribution in [0.3, 0.4) is 0 Å². The number of imidazole rings is 2. The zero-order valence-electron chi connectivity index (χ0n) is 73.5. The zero-order chi connectivity index (χ0) is 86.4. The van der Waals surface area contributed by atoms with Gasteiger partial charge in [-0.3, -0.25) is 47.2 Å². The van der Waals surface area contributed by atoms with Crippen molar-refractivity contribution in [3.05, 3.63) is 154 Å². The van der Waals surface area contributed by atoms with Gasteiger partial charge in [0.25, 0.3) is 0 Å². The Balaban J connectivity index is 0.000000140. The van der Waals surface area contributed by atoms with Crippen LogP contribution in [-0.4, -0.2) is 232 Å². The van der Waals surface area contributed by atoms with Gasteiger partial charge in [-0.2, -0.15) is 19.9 Å². The molecule has 16 rings (SSSR count). The van der Waals surface area contributed by atoms with Crippen LogP contribution in [0.5, 0.6) is 0 Å². The maximum atomic E-state index is 12.8. The Kier molecular flexibility index (Phi) is 28.8. The van der Waals surface area contributed by atoms with E-state index in [0.717, 1.165) is 224 Å². The third-order valence-electron chi connectivity index (χ3n) is 24.7. The van der Waals surface area contributed by atoms with E-state index in [-0.39, 0.29) is 59.2 Å². The zero-order valence-corrected chi connectivity index (χ0v) is 73.5. The first-order valence-corrected chi connectivity index (χ1v) is 43.6. The van der Waals surface area contributed by atoms with Crippen LogP contribution >= 0.6 is 0 Å². The summed E-state index contributed by atoms with van der Waals surface area (Å²) >= 11 is 0. The molecule has 32 heteroatoms. The monoisotopic (exact) mass is 1660 g/mol. The summed E-state index contributed by atoms with van der Waals surface area (Å²) in [5.41, 5.74) is 12.9. The number of carbonyl (C=O) groups excluding carboxylic acids is 4. The fourth-order valence-electron chi connectivity index (χ4n) is 17.0. The first kappa shape index (κ1) is 87.7. The molecule has 0 aliphatic carbocycles. The molecule has 4 amide bonds. The summed E-state index contributed by atoms with van der Waals surface area (Å²) in [5.74, 6) is 3.97. The summed E-state index contributed by atoms with van der Waals surface area (Å²) in [5, 5.41) is 13.1. The molecule has 0 unspecified atom stereocenters. The van der Waals surface area contributed by atoms with Crippen molar-refractivity contribution in [2.75, 3.05) is 169 Å². The van der Waals surface area contributed by atoms with Crippen molar-refractivity contribution in [3.8, 4) is 0 Å². The average Bonchev–Trinajstić information content (AvgIpc) is 1.62. The van der Waals surface area contributed by atoms with Crippen molar-refractivity contribution in [2.24, 2.45) is 14.1 Å². The summed E-state index contributed by atoms with van der Waals surface area (Å²) in [7, 11) is 7.86. The smallest absolute Gasteiger partial charge is 0.330 e. The third-order valence-corrected chi connectivity index (χ3v) is 24.7. The van der Waals surface area contributed by atoms with E-state index in [9.17, 15) is 28.8 Å². The lowest BCUT2D eigenvalue weighted by molar-refractivity contribution is -0.129. The first-order valence-electron chi connectivity index (χ1n) is 43.6. The molecule has 6 aromatic heterocycles. The molecule has 32 nitrogen and oxygen atoms in total. The molecule has 10 aromatic rings. The third kappa shape index (κ3) is 20.1. The van der Waals surface area contributed by atoms with Crippen LogP contribution in [0.2, 0.25) is 0 Å². The standard InChI is InChI=1S/C23H31N7O2.C23H30N6O2.C22H31N7O.C22H30N6O/c1-5-18(6-2)30-21-20(27(4)23(30)32)15-24-22(26-21)25-17-7-9-19(10-8-17)29-13-11-28(12-14-29)16(3)31;1-4-19(5-2)29-21(31)14-17-15-24-23(26-22(17)29)25-18-6-8-20(9-7-18)28-12-10-27(11-13-28)16(3)30;1-5-17(6-2)29-20-19(27(4)22(29)30)15-23-21(25-20)24-16-7-9-18(10-8-16)28-13-11-26(3)12-14-28;1-4-18(5-2)28-20(29)14-16-15-23-22(25-21(16)28)24-17-6-8-19(9-7-17)27-12-10-26(3)11-13-27/h7-10,15,18H,5-6,11-14H2,1-4H3,(H,24,25,26);6-9,15,19H,4-5,10-14H2,1-3H3,(H,24,25,26);7-10,15,17H,5-6,11-14H2,1-4H3,(H,23,24,25);6-9,15,18H,4-5,10-14H2,1-3H3,(H,23,24,25). The molecule has 122 heavy (non-hydrogen) atoms. The second-order valence-corrected chi connectivity index (χ2v) is 32.3. The van der Waals surface area contributed by atoms with Crippen LogP contribution in [0.25, 0.3) is 22.3 Å². The predicted molar refractivity (Wildman–Crippen MR) is 487 cm³/mol. The van der Waals surface area contributed by atoms with Crippen LogP contribution in [0.15, 0.2) is 131 Å². The van der Waals surface area contributed by atoms with Crippen LogP contribution in [0, 0.1) is 0 Å². The summed E-state index contributed by atoms with van der Waals surface area (Å²) < 4.78 is 6.82. The van der Waals surface area contributed by atoms with Crippen molar-refractivity contribution >= 4 is 127 Å². The number of aromatic nitrogens is 12. The highest BCUT2D eigenvalue weighted by molar-refractivity contribution is 6.01. The van der Waals surface area contributed by atoms with Crippen LogP contribution in [0.4, 0.5) is 80.9 Å². The van der Waals surface area contributed by atoms with Gasteiger partial charge in [-0.1, -0.05) is 55.4 Å². The summed E-state index contributed by atoms with van der Waals surface area (Å²) in [4.78, 5) is 132. The number of hydrogen-bond acceptors (Lipinski definition) is 24. The van der Waals surface area contributed by atoms with Gasteiger partial charge in [0, 0.05) is 226 Å². The van der Waals surface area contributed by atoms with Crippen LogP contribution < -0.4 is 62.0 Å². The van der Waals surface area contributed by atoms with E-state index in [1.807, 2.05) is 43.9 Å². The Morgan fingerprint density at radius 3 is 0.852 bits per heavy atom. The number of nitrogens with one attached hydrogen (secondary N) is 4. The van der Waals surface area contributed by atoms with Crippen molar-refractivity contribution in [2.45, 2.75) is 158 Å². The molecule has 0 atom stereocenters. The maximum Gasteiger partial charge on any atom is 0.330 e. The highest BCUT2D eigenvalue weighted by Gasteiger charge is 2.36. The highest BCUT2D eigenvalue weighted by Crippen LogP contribution is 2.35. The Morgan fingerprint density at radius 2 is 0.590 bits per heavy atom. The molecule has 6 aliphatic heterocycles. The molecule has 4 saturated heterocycles. The number of nitrogens with zero attached hydrogens (tertiary/aromatic N) is 22. The maximum absolute atomic E-state index is 12.8. The molecule has 0 spiro atoms. The van der Waals surface area contributed by atoms with Crippen LogP contribution in [-0.2, 0) is 46.1 Å². The normalized spacial score (nSPS) is 15.7. The van der Waals surface area contributed by atoms with Gasteiger partial charge in [-0.25, -0.2) is 29.5 Å². The number of likely N-dealkylation sites (N-methyl/N-ethyl adjacent to an activating group) is 2. The Bertz CT molecular complexity index is 5330. The number of carbonyl (C=O) groups is 4. The van der Waals surface area contributed by atoms with E-state index in [0.29, 0.717) is 47.9 Å². The number of hydrogen-bond donors (Lipinski definition) is 4. The quantitative estimate of drug-likeness (QED) is 0.0437. The Morgan fingerprint density at radius 1 is 0.336 bits per heavy atom. The minimum absolute atomic E-state index is 0.0401. The lowest BCUT2D eigenvalue weighted by atomic mass is 10.1. The molecule has 12 heterocycles. The van der Waals surface area contributed by atoms with E-state index in [1.54, 1.807) is 71.0 Å². The number of fused-ring (bicyclic) bond motifs is 4. The molecule has 4 aromatic carbocycles.